The lowest BCUT2D eigenvalue weighted by Gasteiger charge is -2.22. The number of hydrogen-bond acceptors (Lipinski definition) is 1. The molecule has 0 spiro atoms. The van der Waals surface area contributed by atoms with E-state index in [2.05, 4.69) is 6.07 Å². The van der Waals surface area contributed by atoms with Gasteiger partial charge >= 0.3 is 6.03 Å². The van der Waals surface area contributed by atoms with E-state index in [1.54, 1.807) is 12.1 Å². The third kappa shape index (κ3) is 2.10. The predicted octanol–water partition coefficient (Wildman–Crippen LogP) is 3.86. The monoisotopic (exact) mass is 261 g/mol. The number of primary amides is 1. The molecule has 0 aliphatic heterocycles. The third-order valence-electron chi connectivity index (χ3n) is 3.19. The lowest BCUT2D eigenvalue weighted by Crippen LogP contribution is -2.31. The van der Waals surface area contributed by atoms with Crippen molar-refractivity contribution < 1.29 is 4.79 Å². The molecule has 0 saturated carbocycles. The van der Waals surface area contributed by atoms with Crippen LogP contribution in [0.15, 0.2) is 66.7 Å². The average Bonchev–Trinajstić information content (AvgIpc) is 2.48. The molecule has 1 radical (unpaired) electrons. The number of nitrogens with two attached hydrogens (primary N) is 1. The maximum absolute atomic E-state index is 11.9. The maximum atomic E-state index is 11.9. The van der Waals surface area contributed by atoms with E-state index >= 15 is 0 Å². The molecule has 2 N–H and O–H groups in total. The average molecular weight is 261 g/mol. The highest BCUT2D eigenvalue weighted by Gasteiger charge is 2.16. The largest absolute Gasteiger partial charge is 0.351 e. The van der Waals surface area contributed by atoms with Gasteiger partial charge in [0, 0.05) is 5.39 Å². The number of benzene rings is 3. The Bertz CT molecular complexity index is 748. The summed E-state index contributed by atoms with van der Waals surface area (Å²) in [5.41, 5.74) is 7.08. The normalized spacial score (nSPS) is 10.4. The van der Waals surface area contributed by atoms with Crippen molar-refractivity contribution in [2.45, 2.75) is 0 Å². The highest BCUT2D eigenvalue weighted by molar-refractivity contribution is 6.07. The molecule has 3 heteroatoms. The van der Waals surface area contributed by atoms with Crippen molar-refractivity contribution in [2.24, 2.45) is 5.73 Å². The summed E-state index contributed by atoms with van der Waals surface area (Å²) in [5, 5.41) is 2.06. The zero-order valence-electron chi connectivity index (χ0n) is 10.8. The minimum atomic E-state index is -0.507. The van der Waals surface area contributed by atoms with Crippen molar-refractivity contribution in [2.75, 3.05) is 4.90 Å². The first-order valence-corrected chi connectivity index (χ1v) is 6.31. The first-order valence-electron chi connectivity index (χ1n) is 6.31. The molecule has 3 aromatic carbocycles. The van der Waals surface area contributed by atoms with Crippen molar-refractivity contribution in [1.29, 1.82) is 0 Å². The first kappa shape index (κ1) is 12.2. The number of amides is 2. The molecule has 20 heavy (non-hydrogen) atoms. The summed E-state index contributed by atoms with van der Waals surface area (Å²) in [7, 11) is 0. The number of rotatable bonds is 2. The minimum Gasteiger partial charge on any atom is -0.351 e. The number of nitrogens with zero attached hydrogens (tertiary/aromatic N) is 1. The third-order valence-corrected chi connectivity index (χ3v) is 3.19. The van der Waals surface area contributed by atoms with E-state index in [4.69, 9.17) is 5.73 Å². The van der Waals surface area contributed by atoms with Gasteiger partial charge in [0.05, 0.1) is 11.4 Å². The van der Waals surface area contributed by atoms with Gasteiger partial charge in [0.25, 0.3) is 0 Å². The summed E-state index contributed by atoms with van der Waals surface area (Å²) in [6.45, 7) is 0. The molecule has 0 heterocycles. The second-order valence-corrected chi connectivity index (χ2v) is 4.43. The summed E-state index contributed by atoms with van der Waals surface area (Å²) >= 11 is 0. The highest BCUT2D eigenvalue weighted by Crippen LogP contribution is 2.31. The van der Waals surface area contributed by atoms with Crippen molar-refractivity contribution in [3.63, 3.8) is 0 Å². The molecule has 0 aliphatic rings. The Morgan fingerprint density at radius 3 is 2.40 bits per heavy atom. The van der Waals surface area contributed by atoms with Crippen LogP contribution in [0.1, 0.15) is 0 Å². The van der Waals surface area contributed by atoms with Crippen molar-refractivity contribution in [3.8, 4) is 0 Å². The summed E-state index contributed by atoms with van der Waals surface area (Å²) in [6.07, 6.45) is 0. The van der Waals surface area contributed by atoms with Crippen molar-refractivity contribution in [3.05, 3.63) is 72.8 Å². The fraction of sp³-hybridized carbons (Fsp3) is 0. The zero-order chi connectivity index (χ0) is 13.9. The number of carbonyl (C=O) groups is 1. The second-order valence-electron chi connectivity index (χ2n) is 4.43. The number of hydrogen-bond donors (Lipinski definition) is 1. The van der Waals surface area contributed by atoms with E-state index in [-0.39, 0.29) is 0 Å². The molecular formula is C17H13N2O. The SMILES string of the molecule is NC(=O)N(c1cc[c]cc1)c1cccc2ccccc12. The molecule has 0 saturated heterocycles. The van der Waals surface area contributed by atoms with Gasteiger partial charge < -0.3 is 5.73 Å². The molecule has 0 bridgehead atoms. The number of fused-ring (bicyclic) bond motifs is 1. The van der Waals surface area contributed by atoms with Crippen LogP contribution in [0.5, 0.6) is 0 Å². The number of urea groups is 1. The van der Waals surface area contributed by atoms with E-state index in [0.29, 0.717) is 0 Å². The molecule has 97 valence electrons. The fourth-order valence-electron chi connectivity index (χ4n) is 2.32. The van der Waals surface area contributed by atoms with Gasteiger partial charge in [-0.1, -0.05) is 48.5 Å². The molecule has 0 aliphatic carbocycles. The van der Waals surface area contributed by atoms with E-state index in [1.165, 1.54) is 4.90 Å². The summed E-state index contributed by atoms with van der Waals surface area (Å²) in [6, 6.07) is 23.3. The quantitative estimate of drug-likeness (QED) is 0.748. The minimum absolute atomic E-state index is 0.507. The lowest BCUT2D eigenvalue weighted by atomic mass is 10.1. The second kappa shape index (κ2) is 5.05. The molecule has 3 aromatic rings. The van der Waals surface area contributed by atoms with E-state index < -0.39 is 6.03 Å². The predicted molar refractivity (Wildman–Crippen MR) is 80.9 cm³/mol. The Morgan fingerprint density at radius 1 is 0.950 bits per heavy atom. The standard InChI is InChI=1S/C17H13N2O/c18-17(20)19(14-9-2-1-3-10-14)16-12-6-8-13-7-4-5-11-15(13)16/h2-12H,(H2,18,20). The Hall–Kier alpha value is -2.81. The number of carbonyl (C=O) groups excluding carboxylic acids is 1. The maximum Gasteiger partial charge on any atom is 0.323 e. The molecule has 0 unspecified atom stereocenters. The van der Waals surface area contributed by atoms with E-state index in [9.17, 15) is 4.79 Å². The summed E-state index contributed by atoms with van der Waals surface area (Å²) < 4.78 is 0. The van der Waals surface area contributed by atoms with Crippen LogP contribution in [0.25, 0.3) is 10.8 Å². The highest BCUT2D eigenvalue weighted by atomic mass is 16.2. The smallest absolute Gasteiger partial charge is 0.323 e. The Labute approximate surface area is 117 Å². The first-order chi connectivity index (χ1) is 9.77. The van der Waals surface area contributed by atoms with E-state index in [1.807, 2.05) is 54.6 Å². The lowest BCUT2D eigenvalue weighted by molar-refractivity contribution is 0.256. The van der Waals surface area contributed by atoms with Gasteiger partial charge in [-0.15, -0.1) is 0 Å². The Kier molecular flexibility index (Phi) is 3.09. The van der Waals surface area contributed by atoms with Crippen molar-refractivity contribution in [1.82, 2.24) is 0 Å². The van der Waals surface area contributed by atoms with Gasteiger partial charge in [0.2, 0.25) is 0 Å². The van der Waals surface area contributed by atoms with Gasteiger partial charge in [-0.2, -0.15) is 0 Å². The van der Waals surface area contributed by atoms with E-state index in [0.717, 1.165) is 22.1 Å². The molecule has 0 atom stereocenters. The molecule has 3 nitrogen and oxygen atoms in total. The number of anilines is 2. The van der Waals surface area contributed by atoms with Gasteiger partial charge in [-0.3, -0.25) is 4.90 Å². The molecule has 0 fully saturated rings. The van der Waals surface area contributed by atoms with Crippen molar-refractivity contribution >= 4 is 28.2 Å². The fourth-order valence-corrected chi connectivity index (χ4v) is 2.32. The molecule has 2 amide bonds. The molecular weight excluding hydrogens is 248 g/mol. The van der Waals surface area contributed by atoms with Gasteiger partial charge in [0.1, 0.15) is 0 Å². The van der Waals surface area contributed by atoms with Crippen LogP contribution in [0, 0.1) is 6.07 Å². The van der Waals surface area contributed by atoms with Crippen LogP contribution >= 0.6 is 0 Å². The van der Waals surface area contributed by atoms with Crippen LogP contribution < -0.4 is 10.6 Å². The van der Waals surface area contributed by atoms with Crippen LogP contribution in [0.3, 0.4) is 0 Å². The molecule has 0 aromatic heterocycles. The Morgan fingerprint density at radius 2 is 1.65 bits per heavy atom. The topological polar surface area (TPSA) is 46.3 Å². The summed E-state index contributed by atoms with van der Waals surface area (Å²) in [5.74, 6) is 0. The summed E-state index contributed by atoms with van der Waals surface area (Å²) in [4.78, 5) is 13.4. The van der Waals surface area contributed by atoms with Gasteiger partial charge in [0.15, 0.2) is 0 Å². The Balaban J connectivity index is 2.23. The van der Waals surface area contributed by atoms with Crippen LogP contribution in [0.4, 0.5) is 16.2 Å². The molecule has 3 rings (SSSR count). The van der Waals surface area contributed by atoms with Crippen LogP contribution in [-0.2, 0) is 0 Å². The van der Waals surface area contributed by atoms with Crippen LogP contribution in [0.2, 0.25) is 0 Å². The van der Waals surface area contributed by atoms with Gasteiger partial charge in [-0.25, -0.2) is 4.79 Å². The van der Waals surface area contributed by atoms with Gasteiger partial charge in [-0.05, 0) is 29.7 Å². The van der Waals surface area contributed by atoms with Crippen LogP contribution in [-0.4, -0.2) is 6.03 Å². The zero-order valence-corrected chi connectivity index (χ0v) is 10.8.